The molecule has 4 aromatic heterocycles. The van der Waals surface area contributed by atoms with Crippen LogP contribution in [0.2, 0.25) is 0 Å². The Morgan fingerprint density at radius 3 is 1.88 bits per heavy atom. The lowest BCUT2D eigenvalue weighted by Gasteiger charge is -2.37. The SMILES string of the molecule is CC(=O)N[C@H]1CCCc2cn(nn2)-c2ccc(cc2)CC(CC(N)=O)NC(=O)[C@]2(C)CCCN2C(=O)[C@H](Cc2ccc(O)cc2)NC(=O)[C@H](Cc2cnc[nH]2)NC(=O)[C@H](CC(=O)O)NC(=O)[C@H](Cc2c[nH]c3ccc(F)cc23)NC(=O)[C@H](Cc2c[nH]c3ccc(F)cc23)NC(=O)CNC(=O)[C@H](C)NC1=O. The zero-order valence-corrected chi connectivity index (χ0v) is 57.4. The maximum absolute atomic E-state index is 15.3. The number of nitrogens with zero attached hydrogens (tertiary/aromatic N) is 5. The molecular weight excluding hydrogens is 1370 g/mol. The number of primary amides is 1. The second-order valence-electron chi connectivity index (χ2n) is 26.4. The van der Waals surface area contributed by atoms with Crippen LogP contribution in [-0.2, 0) is 96.1 Å². The number of phenolic OH excluding ortho intramolecular Hbond substituents is 1. The summed E-state index contributed by atoms with van der Waals surface area (Å²) in [7, 11) is 0. The summed E-state index contributed by atoms with van der Waals surface area (Å²) in [5.74, 6) is -13.0. The average Bonchev–Trinajstić information content (AvgIpc) is 1.70. The van der Waals surface area contributed by atoms with Crippen molar-refractivity contribution in [1.82, 2.24) is 87.7 Å². The fourth-order valence-corrected chi connectivity index (χ4v) is 12.9. The molecule has 7 heterocycles. The standard InChI is InChI=1S/C71H80F2N18O14/c1-37-63(98)78-34-61(95)83-55(24-41-31-76-52-18-12-43(72)26-50(41)52)65(100)84-56(25-42-32-77-53-19-13-44(73)27-51(42)53)66(101)86-58(30-62(96)97)68(103)85-57(28-47-33-75-36-79-47)67(102)87-59(23-40-10-16-49(93)17-11-40)69(104)90-21-5-20-71(90,3)70(105)82-46(29-60(74)94)22-39-8-14-48(15-9-39)91-35-45(88-89-91)6-4-7-54(64(99)80-37)81-38(2)92/h8-19,26-27,31-33,35-37,46,54-59,76-77,93H,4-7,20-25,28-30,34H2,1-3H3,(H2,74,94)(H,75,79)(H,78,98)(H,80,99)(H,81,92)(H,82,105)(H,83,95)(H,84,100)(H,85,103)(H,86,101)(H,87,102)(H,96,97)/t37-,46?,54-,55-,56-,57-,58-,59-,71-/m0/s1. The van der Waals surface area contributed by atoms with Gasteiger partial charge in [-0.2, -0.15) is 0 Å². The lowest BCUT2D eigenvalue weighted by atomic mass is 9.94. The summed E-state index contributed by atoms with van der Waals surface area (Å²) >= 11 is 0. The van der Waals surface area contributed by atoms with Gasteiger partial charge in [-0.15, -0.1) is 5.10 Å². The summed E-state index contributed by atoms with van der Waals surface area (Å²) in [5, 5.41) is 53.0. The monoisotopic (exact) mass is 1450 g/mol. The second-order valence-corrected chi connectivity index (χ2v) is 26.4. The van der Waals surface area contributed by atoms with Crippen molar-refractivity contribution in [1.29, 1.82) is 0 Å². The molecule has 3 aliphatic rings. The molecule has 11 amide bonds. The zero-order chi connectivity index (χ0) is 75.2. The molecule has 32 nitrogen and oxygen atoms in total. The lowest BCUT2D eigenvalue weighted by molar-refractivity contribution is -0.147. The van der Waals surface area contributed by atoms with E-state index in [4.69, 9.17) is 5.73 Å². The van der Waals surface area contributed by atoms with Crippen LogP contribution in [0.25, 0.3) is 27.5 Å². The highest BCUT2D eigenvalue weighted by molar-refractivity contribution is 6.00. The summed E-state index contributed by atoms with van der Waals surface area (Å²) in [6.45, 7) is 3.26. The number of carbonyl (C=O) groups is 12. The minimum Gasteiger partial charge on any atom is -0.508 e. The Labute approximate surface area is 597 Å². The molecule has 0 saturated carbocycles. The summed E-state index contributed by atoms with van der Waals surface area (Å²) < 4.78 is 31.3. The number of nitrogens with two attached hydrogens (primary N) is 1. The van der Waals surface area contributed by atoms with E-state index < -0.39 is 169 Å². The number of phenols is 1. The molecule has 552 valence electrons. The lowest BCUT2D eigenvalue weighted by Crippen LogP contribution is -2.63. The molecule has 4 aromatic carbocycles. The first-order valence-electron chi connectivity index (χ1n) is 33.9. The van der Waals surface area contributed by atoms with E-state index >= 15 is 19.2 Å². The normalized spacial score (nSPS) is 22.7. The van der Waals surface area contributed by atoms with Crippen molar-refractivity contribution in [2.75, 3.05) is 13.1 Å². The molecule has 0 radical (unpaired) electrons. The number of carboxylic acid groups (broad SMARTS) is 1. The van der Waals surface area contributed by atoms with E-state index in [0.717, 1.165) is 6.07 Å². The Morgan fingerprint density at radius 2 is 1.28 bits per heavy atom. The highest BCUT2D eigenvalue weighted by atomic mass is 19.1. The minimum atomic E-state index is -2.07. The van der Waals surface area contributed by atoms with E-state index in [1.807, 2.05) is 0 Å². The molecular formula is C71H80F2N18O14. The van der Waals surface area contributed by atoms with Crippen LogP contribution in [0.3, 0.4) is 0 Å². The molecule has 0 aliphatic carbocycles. The first-order chi connectivity index (χ1) is 50.1. The molecule has 1 saturated heterocycles. The molecule has 16 N–H and O–H groups in total. The van der Waals surface area contributed by atoms with Crippen molar-refractivity contribution in [3.05, 3.63) is 161 Å². The number of hydrogen-bond donors (Lipinski definition) is 15. The maximum Gasteiger partial charge on any atom is 0.305 e. The number of aryl methyl sites for hydroxylation is 1. The number of aliphatic carboxylic acids is 1. The van der Waals surface area contributed by atoms with Gasteiger partial charge in [-0.25, -0.2) is 18.4 Å². The third-order valence-corrected chi connectivity index (χ3v) is 18.4. The number of H-pyrrole nitrogens is 3. The van der Waals surface area contributed by atoms with E-state index in [1.165, 1.54) is 110 Å². The smallest absolute Gasteiger partial charge is 0.305 e. The Balaban J connectivity index is 0.992. The van der Waals surface area contributed by atoms with Gasteiger partial charge in [-0.1, -0.05) is 29.5 Å². The first-order valence-corrected chi connectivity index (χ1v) is 33.9. The molecule has 0 spiro atoms. The molecule has 11 rings (SSSR count). The fourth-order valence-electron chi connectivity index (χ4n) is 12.9. The van der Waals surface area contributed by atoms with Gasteiger partial charge in [0, 0.05) is 97.7 Å². The summed E-state index contributed by atoms with van der Waals surface area (Å²) in [6.07, 6.45) is 5.26. The maximum atomic E-state index is 15.3. The van der Waals surface area contributed by atoms with Crippen LogP contribution >= 0.6 is 0 Å². The molecule has 1 unspecified atom stereocenters. The quantitative estimate of drug-likeness (QED) is 0.0701. The number of fused-ring (bicyclic) bond motifs is 32. The van der Waals surface area contributed by atoms with Crippen LogP contribution in [0, 0.1) is 11.6 Å². The Hall–Kier alpha value is -12.4. The Kier molecular flexibility index (Phi) is 24.1. The van der Waals surface area contributed by atoms with Crippen LogP contribution in [0.1, 0.15) is 92.9 Å². The van der Waals surface area contributed by atoms with Crippen molar-refractivity contribution in [2.45, 2.75) is 152 Å². The van der Waals surface area contributed by atoms with Crippen LogP contribution in [-0.4, -0.2) is 188 Å². The van der Waals surface area contributed by atoms with E-state index in [2.05, 4.69) is 78.1 Å². The van der Waals surface area contributed by atoms with Gasteiger partial charge in [-0.3, -0.25) is 57.5 Å². The number of rotatable bonds is 13. The highest BCUT2D eigenvalue weighted by Gasteiger charge is 2.48. The van der Waals surface area contributed by atoms with Gasteiger partial charge in [0.05, 0.1) is 36.9 Å². The molecule has 9 atom stereocenters. The van der Waals surface area contributed by atoms with Gasteiger partial charge in [0.1, 0.15) is 65.2 Å². The number of aromatic nitrogens is 7. The topological polar surface area (TPSA) is 474 Å². The minimum absolute atomic E-state index is 0.00844. The number of amides is 11. The number of carboxylic acids is 1. The van der Waals surface area contributed by atoms with Crippen molar-refractivity contribution < 1.29 is 76.5 Å². The number of nitrogens with one attached hydrogen (secondary N) is 12. The van der Waals surface area contributed by atoms with Gasteiger partial charge in [-0.05, 0) is 135 Å². The molecule has 8 aromatic rings. The largest absolute Gasteiger partial charge is 0.508 e. The molecule has 4 bridgehead atoms. The first kappa shape index (κ1) is 75.3. The van der Waals surface area contributed by atoms with Crippen molar-refractivity contribution in [3.63, 3.8) is 0 Å². The number of halogens is 2. The third kappa shape index (κ3) is 19.6. The van der Waals surface area contributed by atoms with E-state index in [0.29, 0.717) is 46.4 Å². The predicted octanol–water partition coefficient (Wildman–Crippen LogP) is 0.552. The van der Waals surface area contributed by atoms with E-state index in [-0.39, 0.29) is 78.4 Å². The Morgan fingerprint density at radius 1 is 0.676 bits per heavy atom. The van der Waals surface area contributed by atoms with Gasteiger partial charge < -0.3 is 83.6 Å². The Bertz CT molecular complexity index is 4560. The van der Waals surface area contributed by atoms with Crippen molar-refractivity contribution in [2.24, 2.45) is 5.73 Å². The average molecular weight is 1450 g/mol. The van der Waals surface area contributed by atoms with Gasteiger partial charge in [0.15, 0.2) is 0 Å². The second kappa shape index (κ2) is 33.6. The predicted molar refractivity (Wildman–Crippen MR) is 371 cm³/mol. The molecule has 1 fully saturated rings. The van der Waals surface area contributed by atoms with Crippen LogP contribution < -0.4 is 53.6 Å². The zero-order valence-electron chi connectivity index (χ0n) is 57.4. The van der Waals surface area contributed by atoms with Crippen molar-refractivity contribution >= 4 is 92.8 Å². The highest BCUT2D eigenvalue weighted by Crippen LogP contribution is 2.32. The molecule has 3 aliphatic heterocycles. The van der Waals surface area contributed by atoms with Gasteiger partial charge in [0.25, 0.3) is 0 Å². The van der Waals surface area contributed by atoms with E-state index in [9.17, 15) is 57.4 Å². The number of carbonyl (C=O) groups excluding carboxylic acids is 11. The number of benzene rings is 4. The van der Waals surface area contributed by atoms with Crippen LogP contribution in [0.5, 0.6) is 5.75 Å². The number of aromatic amines is 3. The van der Waals surface area contributed by atoms with Crippen molar-refractivity contribution in [3.8, 4) is 11.4 Å². The summed E-state index contributed by atoms with van der Waals surface area (Å²) in [5.41, 5.74) is 7.87. The third-order valence-electron chi connectivity index (χ3n) is 18.4. The molecule has 34 heteroatoms. The van der Waals surface area contributed by atoms with Gasteiger partial charge in [0.2, 0.25) is 65.0 Å². The molecule has 105 heavy (non-hydrogen) atoms. The number of aromatic hydroxyl groups is 1. The van der Waals surface area contributed by atoms with Crippen LogP contribution in [0.15, 0.2) is 116 Å². The summed E-state index contributed by atoms with van der Waals surface area (Å²) in [6, 6.07) is 8.00. The van der Waals surface area contributed by atoms with Gasteiger partial charge >= 0.3 is 5.97 Å². The number of imidazole rings is 1. The fraction of sp³-hybridized carbons (Fsp3) is 0.366. The number of hydrogen-bond acceptors (Lipinski definition) is 16. The van der Waals surface area contributed by atoms with Crippen LogP contribution in [0.4, 0.5) is 8.78 Å². The summed E-state index contributed by atoms with van der Waals surface area (Å²) in [4.78, 5) is 184. The van der Waals surface area contributed by atoms with E-state index in [1.54, 1.807) is 30.5 Å².